The summed E-state index contributed by atoms with van der Waals surface area (Å²) in [4.78, 5) is 2.55. The predicted octanol–water partition coefficient (Wildman–Crippen LogP) is 17.9. The molecule has 0 saturated heterocycles. The molecule has 0 unspecified atom stereocenters. The zero-order valence-electron chi connectivity index (χ0n) is 37.1. The number of furan rings is 1. The third-order valence-electron chi connectivity index (χ3n) is 13.4. The van der Waals surface area contributed by atoms with Gasteiger partial charge in [0.05, 0.1) is 17.1 Å². The average Bonchev–Trinajstić information content (AvgIpc) is 3.68. The van der Waals surface area contributed by atoms with E-state index < -0.39 is 0 Å². The van der Waals surface area contributed by atoms with Gasteiger partial charge in [-0.1, -0.05) is 206 Å². The van der Waals surface area contributed by atoms with Crippen molar-refractivity contribution >= 4 is 49.8 Å². The monoisotopic (exact) mass is 807 g/mol. The van der Waals surface area contributed by atoms with E-state index in [2.05, 4.69) is 216 Å². The first-order chi connectivity index (χ1) is 30.0. The van der Waals surface area contributed by atoms with Gasteiger partial charge in [0.25, 0.3) is 0 Å². The largest absolute Gasteiger partial charge is 0.455 e. The Balaban J connectivity index is 1.28. The minimum absolute atomic E-state index is 0.0283. The first-order valence-electron chi connectivity index (χ1n) is 22.7. The highest BCUT2D eigenvalue weighted by atomic mass is 16.3. The molecule has 2 nitrogen and oxygen atoms in total. The van der Waals surface area contributed by atoms with E-state index >= 15 is 0 Å². The van der Waals surface area contributed by atoms with Crippen LogP contribution in [-0.2, 0) is 10.8 Å². The quantitative estimate of drug-likeness (QED) is 0.159. The van der Waals surface area contributed by atoms with Crippen molar-refractivity contribution in [3.63, 3.8) is 0 Å². The summed E-state index contributed by atoms with van der Waals surface area (Å²) in [6.45, 7) is 14.0. The summed E-state index contributed by atoms with van der Waals surface area (Å²) < 4.78 is 6.76. The zero-order chi connectivity index (χ0) is 42.6. The molecule has 0 bridgehead atoms. The van der Waals surface area contributed by atoms with Crippen LogP contribution in [0, 0.1) is 0 Å². The molecule has 9 aromatic rings. The van der Waals surface area contributed by atoms with Crippen LogP contribution < -0.4 is 4.90 Å². The zero-order valence-corrected chi connectivity index (χ0v) is 37.1. The topological polar surface area (TPSA) is 16.4 Å². The third kappa shape index (κ3) is 7.20. The van der Waals surface area contributed by atoms with Gasteiger partial charge in [0.2, 0.25) is 0 Å². The average molecular weight is 808 g/mol. The lowest BCUT2D eigenvalue weighted by atomic mass is 9.78. The number of rotatable bonds is 7. The Morgan fingerprint density at radius 2 is 0.952 bits per heavy atom. The van der Waals surface area contributed by atoms with E-state index in [0.29, 0.717) is 5.92 Å². The summed E-state index contributed by atoms with van der Waals surface area (Å²) in [5.74, 6) is 0.565. The standard InChI is InChI=1S/C60H57NO/c1-59(2,3)43-37-42(38-44(39-43)60(4,5)6)45-25-10-14-33-53(45)61(55-35-16-12-27-48(55)51-31-20-32-52-49-28-13-17-36-56(49)62-58(51)52)54-34-15-11-26-47(54)50-30-19-24-41-23-18-29-46(57(41)50)40-21-8-7-9-22-40/h10-20,23-40H,7-9,21-22H2,1-6H3. The van der Waals surface area contributed by atoms with Crippen LogP contribution in [0.5, 0.6) is 0 Å². The second kappa shape index (κ2) is 15.8. The van der Waals surface area contributed by atoms with Gasteiger partial charge in [0, 0.05) is 33.0 Å². The number of hydrogen-bond donors (Lipinski definition) is 0. The predicted molar refractivity (Wildman–Crippen MR) is 265 cm³/mol. The molecule has 0 amide bonds. The Bertz CT molecular complexity index is 3050. The Kier molecular flexibility index (Phi) is 10.1. The van der Waals surface area contributed by atoms with Crippen molar-refractivity contribution < 1.29 is 4.42 Å². The Morgan fingerprint density at radius 1 is 0.452 bits per heavy atom. The minimum atomic E-state index is -0.0283. The minimum Gasteiger partial charge on any atom is -0.455 e. The van der Waals surface area contributed by atoms with Gasteiger partial charge < -0.3 is 9.32 Å². The van der Waals surface area contributed by atoms with Crippen LogP contribution >= 0.6 is 0 Å². The molecule has 0 aliphatic heterocycles. The SMILES string of the molecule is CC(C)(C)c1cc(-c2ccccc2N(c2ccccc2-c2cccc3c2oc2ccccc23)c2ccccc2-c2cccc3cccc(C4CCCCC4)c23)cc(C(C)(C)C)c1. The van der Waals surface area contributed by atoms with Gasteiger partial charge in [-0.05, 0) is 92.4 Å². The maximum atomic E-state index is 6.76. The van der Waals surface area contributed by atoms with Crippen LogP contribution in [0.25, 0.3) is 66.1 Å². The van der Waals surface area contributed by atoms with Crippen molar-refractivity contribution in [2.24, 2.45) is 0 Å². The van der Waals surface area contributed by atoms with Crippen LogP contribution in [-0.4, -0.2) is 0 Å². The second-order valence-electron chi connectivity index (χ2n) is 19.6. The third-order valence-corrected chi connectivity index (χ3v) is 13.4. The summed E-state index contributed by atoms with van der Waals surface area (Å²) in [5.41, 5.74) is 16.4. The second-order valence-corrected chi connectivity index (χ2v) is 19.6. The molecule has 2 heteroatoms. The summed E-state index contributed by atoms with van der Waals surface area (Å²) in [6.07, 6.45) is 6.43. The Morgan fingerprint density at radius 3 is 1.61 bits per heavy atom. The fraction of sp³-hybridized carbons (Fsp3) is 0.233. The fourth-order valence-electron chi connectivity index (χ4n) is 10.1. The number of benzene rings is 8. The van der Waals surface area contributed by atoms with Crippen LogP contribution in [0.2, 0.25) is 0 Å². The molecule has 10 rings (SSSR count). The van der Waals surface area contributed by atoms with Crippen molar-refractivity contribution in [1.82, 2.24) is 0 Å². The molecule has 308 valence electrons. The number of para-hydroxylation sites is 5. The van der Waals surface area contributed by atoms with Gasteiger partial charge in [-0.3, -0.25) is 0 Å². The van der Waals surface area contributed by atoms with Crippen molar-refractivity contribution in [2.75, 3.05) is 4.90 Å². The number of fused-ring (bicyclic) bond motifs is 4. The van der Waals surface area contributed by atoms with Crippen LogP contribution in [0.15, 0.2) is 174 Å². The molecule has 1 aliphatic carbocycles. The van der Waals surface area contributed by atoms with Crippen LogP contribution in [0.4, 0.5) is 17.1 Å². The molecule has 1 aromatic heterocycles. The summed E-state index contributed by atoms with van der Waals surface area (Å²) >= 11 is 0. The maximum absolute atomic E-state index is 6.76. The van der Waals surface area contributed by atoms with Gasteiger partial charge in [0.15, 0.2) is 0 Å². The lowest BCUT2D eigenvalue weighted by molar-refractivity contribution is 0.445. The molecule has 0 spiro atoms. The number of hydrogen-bond acceptors (Lipinski definition) is 2. The first-order valence-corrected chi connectivity index (χ1v) is 22.7. The number of anilines is 3. The Hall–Kier alpha value is -6.38. The van der Waals surface area contributed by atoms with Gasteiger partial charge in [0.1, 0.15) is 11.2 Å². The summed E-state index contributed by atoms with van der Waals surface area (Å²) in [7, 11) is 0. The van der Waals surface area contributed by atoms with Gasteiger partial charge in [-0.15, -0.1) is 0 Å². The van der Waals surface area contributed by atoms with E-state index in [-0.39, 0.29) is 10.8 Å². The van der Waals surface area contributed by atoms with Crippen LogP contribution in [0.1, 0.15) is 96.3 Å². The highest BCUT2D eigenvalue weighted by Crippen LogP contribution is 2.51. The van der Waals surface area contributed by atoms with E-state index in [9.17, 15) is 0 Å². The molecule has 0 radical (unpaired) electrons. The van der Waals surface area contributed by atoms with Crippen molar-refractivity contribution in [1.29, 1.82) is 0 Å². The molecule has 0 N–H and O–H groups in total. The van der Waals surface area contributed by atoms with Gasteiger partial charge in [-0.25, -0.2) is 0 Å². The smallest absolute Gasteiger partial charge is 0.143 e. The van der Waals surface area contributed by atoms with E-state index in [0.717, 1.165) is 50.1 Å². The molecule has 1 fully saturated rings. The summed E-state index contributed by atoms with van der Waals surface area (Å²) in [6, 6.07) is 63.3. The molecular weight excluding hydrogens is 751 g/mol. The normalized spacial score (nSPS) is 13.9. The Labute approximate surface area is 367 Å². The lowest BCUT2D eigenvalue weighted by Crippen LogP contribution is -2.17. The molecule has 1 saturated carbocycles. The molecule has 0 atom stereocenters. The molecule has 1 heterocycles. The van der Waals surface area contributed by atoms with Crippen molar-refractivity contribution in [2.45, 2.75) is 90.4 Å². The fourth-order valence-corrected chi connectivity index (χ4v) is 10.1. The highest BCUT2D eigenvalue weighted by molar-refractivity contribution is 6.11. The molecule has 1 aliphatic rings. The number of nitrogens with zero attached hydrogens (tertiary/aromatic N) is 1. The molecular formula is C60H57NO. The molecule has 62 heavy (non-hydrogen) atoms. The van der Waals surface area contributed by atoms with E-state index in [1.54, 1.807) is 0 Å². The van der Waals surface area contributed by atoms with Crippen molar-refractivity contribution in [3.8, 4) is 33.4 Å². The van der Waals surface area contributed by atoms with E-state index in [4.69, 9.17) is 4.42 Å². The lowest BCUT2D eigenvalue weighted by Gasteiger charge is -2.33. The van der Waals surface area contributed by atoms with E-state index in [1.165, 1.54) is 81.8 Å². The van der Waals surface area contributed by atoms with Crippen LogP contribution in [0.3, 0.4) is 0 Å². The highest BCUT2D eigenvalue weighted by Gasteiger charge is 2.28. The maximum Gasteiger partial charge on any atom is 0.143 e. The van der Waals surface area contributed by atoms with Gasteiger partial charge >= 0.3 is 0 Å². The summed E-state index contributed by atoms with van der Waals surface area (Å²) in [5, 5.41) is 4.95. The van der Waals surface area contributed by atoms with E-state index in [1.807, 2.05) is 0 Å². The van der Waals surface area contributed by atoms with Gasteiger partial charge in [-0.2, -0.15) is 0 Å². The van der Waals surface area contributed by atoms with Crippen molar-refractivity contribution in [3.05, 3.63) is 187 Å². The molecule has 8 aromatic carbocycles. The first kappa shape index (κ1) is 39.7.